The van der Waals surface area contributed by atoms with Gasteiger partial charge in [0, 0.05) is 24.0 Å². The molecule has 0 bridgehead atoms. The predicted molar refractivity (Wildman–Crippen MR) is 93.9 cm³/mol. The van der Waals surface area contributed by atoms with Gasteiger partial charge in [0.2, 0.25) is 0 Å². The molecule has 1 fully saturated rings. The van der Waals surface area contributed by atoms with Gasteiger partial charge in [-0.1, -0.05) is 26.8 Å². The van der Waals surface area contributed by atoms with Gasteiger partial charge in [0.15, 0.2) is 0 Å². The lowest BCUT2D eigenvalue weighted by Gasteiger charge is -2.31. The standard InChI is InChI=1S/C18H32N2S/c1-15(13-19-14-17-8-6-12-21-17)20-10-5-7-16(9-11-20)18(2,3)4/h6,8,12,15-16,19H,5,7,9-11,13-14H2,1-4H3. The molecule has 0 spiro atoms. The van der Waals surface area contributed by atoms with Gasteiger partial charge in [0.25, 0.3) is 0 Å². The Balaban J connectivity index is 1.73. The zero-order valence-electron chi connectivity index (χ0n) is 14.2. The minimum absolute atomic E-state index is 0.469. The number of nitrogens with one attached hydrogen (secondary N) is 1. The molecule has 2 rings (SSSR count). The fourth-order valence-electron chi connectivity index (χ4n) is 3.37. The number of likely N-dealkylation sites (tertiary alicyclic amines) is 1. The van der Waals surface area contributed by atoms with Gasteiger partial charge < -0.3 is 5.32 Å². The topological polar surface area (TPSA) is 15.3 Å². The van der Waals surface area contributed by atoms with Gasteiger partial charge in [-0.25, -0.2) is 0 Å². The minimum Gasteiger partial charge on any atom is -0.310 e. The second-order valence-electron chi connectivity index (χ2n) is 7.59. The second-order valence-corrected chi connectivity index (χ2v) is 8.62. The summed E-state index contributed by atoms with van der Waals surface area (Å²) in [5.74, 6) is 0.883. The van der Waals surface area contributed by atoms with Crippen molar-refractivity contribution in [1.29, 1.82) is 0 Å². The normalized spacial score (nSPS) is 23.0. The Morgan fingerprint density at radius 2 is 2.14 bits per heavy atom. The summed E-state index contributed by atoms with van der Waals surface area (Å²) in [5.41, 5.74) is 0.469. The molecule has 1 aromatic rings. The monoisotopic (exact) mass is 308 g/mol. The van der Waals surface area contributed by atoms with E-state index in [0.29, 0.717) is 11.5 Å². The van der Waals surface area contributed by atoms with Crippen molar-refractivity contribution < 1.29 is 0 Å². The van der Waals surface area contributed by atoms with Gasteiger partial charge in [0.05, 0.1) is 0 Å². The van der Waals surface area contributed by atoms with Crippen molar-refractivity contribution in [2.24, 2.45) is 11.3 Å². The van der Waals surface area contributed by atoms with Crippen LogP contribution in [0.25, 0.3) is 0 Å². The smallest absolute Gasteiger partial charge is 0.0300 e. The molecular weight excluding hydrogens is 276 g/mol. The molecule has 1 saturated heterocycles. The highest BCUT2D eigenvalue weighted by atomic mass is 32.1. The average molecular weight is 309 g/mol. The molecule has 21 heavy (non-hydrogen) atoms. The van der Waals surface area contributed by atoms with E-state index in [0.717, 1.165) is 19.0 Å². The quantitative estimate of drug-likeness (QED) is 0.868. The maximum Gasteiger partial charge on any atom is 0.0300 e. The van der Waals surface area contributed by atoms with Crippen LogP contribution in [-0.4, -0.2) is 30.6 Å². The number of hydrogen-bond donors (Lipinski definition) is 1. The maximum absolute atomic E-state index is 3.62. The van der Waals surface area contributed by atoms with Crippen LogP contribution in [0.4, 0.5) is 0 Å². The Morgan fingerprint density at radius 3 is 2.81 bits per heavy atom. The molecule has 0 aliphatic carbocycles. The first-order valence-electron chi connectivity index (χ1n) is 8.44. The summed E-state index contributed by atoms with van der Waals surface area (Å²) >= 11 is 1.84. The lowest BCUT2D eigenvalue weighted by atomic mass is 9.77. The van der Waals surface area contributed by atoms with E-state index >= 15 is 0 Å². The molecule has 0 amide bonds. The molecule has 1 aromatic heterocycles. The highest BCUT2D eigenvalue weighted by molar-refractivity contribution is 7.09. The second kappa shape index (κ2) is 7.75. The summed E-state index contributed by atoms with van der Waals surface area (Å²) in [4.78, 5) is 4.12. The molecule has 2 atom stereocenters. The van der Waals surface area contributed by atoms with E-state index in [-0.39, 0.29) is 0 Å². The maximum atomic E-state index is 3.62. The lowest BCUT2D eigenvalue weighted by molar-refractivity contribution is 0.186. The Hall–Kier alpha value is -0.380. The predicted octanol–water partition coefficient (Wildman–Crippen LogP) is 4.37. The fourth-order valence-corrected chi connectivity index (χ4v) is 4.05. The molecular formula is C18H32N2S. The van der Waals surface area contributed by atoms with Crippen LogP contribution in [0.5, 0.6) is 0 Å². The molecule has 0 radical (unpaired) electrons. The molecule has 3 heteroatoms. The van der Waals surface area contributed by atoms with Crippen LogP contribution in [-0.2, 0) is 6.54 Å². The van der Waals surface area contributed by atoms with E-state index < -0.39 is 0 Å². The third kappa shape index (κ3) is 5.39. The highest BCUT2D eigenvalue weighted by Gasteiger charge is 2.28. The SMILES string of the molecule is CC(CNCc1cccs1)N1CCCC(C(C)(C)C)CC1. The van der Waals surface area contributed by atoms with E-state index in [2.05, 4.69) is 55.4 Å². The third-order valence-electron chi connectivity index (χ3n) is 4.93. The average Bonchev–Trinajstić information content (AvgIpc) is 2.79. The molecule has 1 aliphatic heterocycles. The van der Waals surface area contributed by atoms with Crippen LogP contribution in [0, 0.1) is 11.3 Å². The van der Waals surface area contributed by atoms with E-state index in [9.17, 15) is 0 Å². The van der Waals surface area contributed by atoms with Crippen molar-refractivity contribution in [2.75, 3.05) is 19.6 Å². The van der Waals surface area contributed by atoms with Gasteiger partial charge in [-0.2, -0.15) is 0 Å². The van der Waals surface area contributed by atoms with Gasteiger partial charge >= 0.3 is 0 Å². The van der Waals surface area contributed by atoms with Gasteiger partial charge in [-0.3, -0.25) is 4.90 Å². The highest BCUT2D eigenvalue weighted by Crippen LogP contribution is 2.34. The molecule has 2 heterocycles. The van der Waals surface area contributed by atoms with Crippen LogP contribution in [0.15, 0.2) is 17.5 Å². The van der Waals surface area contributed by atoms with E-state index in [1.165, 1.54) is 37.2 Å². The number of nitrogens with zero attached hydrogens (tertiary/aromatic N) is 1. The van der Waals surface area contributed by atoms with Gasteiger partial charge in [-0.15, -0.1) is 11.3 Å². The van der Waals surface area contributed by atoms with Gasteiger partial charge in [0.1, 0.15) is 0 Å². The first-order chi connectivity index (χ1) is 9.97. The summed E-state index contributed by atoms with van der Waals surface area (Å²) in [6, 6.07) is 4.98. The number of rotatable bonds is 5. The Bertz CT molecular complexity index is 394. The summed E-state index contributed by atoms with van der Waals surface area (Å²) in [6.07, 6.45) is 4.12. The molecule has 2 unspecified atom stereocenters. The van der Waals surface area contributed by atoms with Crippen molar-refractivity contribution in [3.8, 4) is 0 Å². The molecule has 0 saturated carbocycles. The Morgan fingerprint density at radius 1 is 1.33 bits per heavy atom. The summed E-state index contributed by atoms with van der Waals surface area (Å²) in [7, 11) is 0. The largest absolute Gasteiger partial charge is 0.310 e. The summed E-state index contributed by atoms with van der Waals surface area (Å²) in [6.45, 7) is 14.2. The first kappa shape index (κ1) is 17.0. The van der Waals surface area contributed by atoms with Crippen molar-refractivity contribution in [3.05, 3.63) is 22.4 Å². The van der Waals surface area contributed by atoms with Crippen LogP contribution >= 0.6 is 11.3 Å². The van der Waals surface area contributed by atoms with Crippen LogP contribution in [0.2, 0.25) is 0 Å². The molecule has 1 N–H and O–H groups in total. The molecule has 1 aliphatic rings. The Kier molecular flexibility index (Phi) is 6.27. The van der Waals surface area contributed by atoms with Crippen LogP contribution in [0.1, 0.15) is 51.8 Å². The number of hydrogen-bond acceptors (Lipinski definition) is 3. The van der Waals surface area contributed by atoms with Crippen molar-refractivity contribution in [2.45, 2.75) is 59.5 Å². The summed E-state index contributed by atoms with van der Waals surface area (Å²) < 4.78 is 0. The lowest BCUT2D eigenvalue weighted by Crippen LogP contribution is -2.41. The number of thiophene rings is 1. The Labute approximate surface area is 134 Å². The first-order valence-corrected chi connectivity index (χ1v) is 9.32. The minimum atomic E-state index is 0.469. The third-order valence-corrected chi connectivity index (χ3v) is 5.81. The zero-order valence-corrected chi connectivity index (χ0v) is 15.0. The van der Waals surface area contributed by atoms with Crippen molar-refractivity contribution >= 4 is 11.3 Å². The fraction of sp³-hybridized carbons (Fsp3) is 0.778. The van der Waals surface area contributed by atoms with E-state index in [4.69, 9.17) is 0 Å². The zero-order chi connectivity index (χ0) is 15.3. The van der Waals surface area contributed by atoms with Crippen LogP contribution in [0.3, 0.4) is 0 Å². The molecule has 120 valence electrons. The van der Waals surface area contributed by atoms with Crippen molar-refractivity contribution in [3.63, 3.8) is 0 Å². The molecule has 2 nitrogen and oxygen atoms in total. The van der Waals surface area contributed by atoms with Crippen LogP contribution < -0.4 is 5.32 Å². The summed E-state index contributed by atoms with van der Waals surface area (Å²) in [5, 5.41) is 5.77. The molecule has 0 aromatic carbocycles. The van der Waals surface area contributed by atoms with Crippen molar-refractivity contribution in [1.82, 2.24) is 10.2 Å². The van der Waals surface area contributed by atoms with E-state index in [1.807, 2.05) is 11.3 Å². The van der Waals surface area contributed by atoms with Gasteiger partial charge in [-0.05, 0) is 62.1 Å². The van der Waals surface area contributed by atoms with E-state index in [1.54, 1.807) is 0 Å².